The highest BCUT2D eigenvalue weighted by Crippen LogP contribution is 2.21. The molecule has 0 amide bonds. The van der Waals surface area contributed by atoms with Gasteiger partial charge in [-0.2, -0.15) is 0 Å². The van der Waals surface area contributed by atoms with Crippen LogP contribution in [0.1, 0.15) is 16.1 Å². The summed E-state index contributed by atoms with van der Waals surface area (Å²) in [7, 11) is 1.46. The van der Waals surface area contributed by atoms with Gasteiger partial charge in [0.2, 0.25) is 11.7 Å². The monoisotopic (exact) mass is 415 g/mol. The topological polar surface area (TPSA) is 86.8 Å². The van der Waals surface area contributed by atoms with E-state index in [0.717, 1.165) is 6.07 Å². The molecule has 0 aliphatic carbocycles. The first kappa shape index (κ1) is 18.2. The number of nitrogens with zero attached hydrogens (tertiary/aromatic N) is 2. The average molecular weight is 417 g/mol. The second-order valence-electron chi connectivity index (χ2n) is 4.49. The van der Waals surface area contributed by atoms with Crippen molar-refractivity contribution in [3.05, 3.63) is 56.9 Å². The lowest BCUT2D eigenvalue weighted by molar-refractivity contribution is 0.0775. The van der Waals surface area contributed by atoms with Gasteiger partial charge in [-0.15, -0.1) is 0 Å². The lowest BCUT2D eigenvalue weighted by Crippen LogP contribution is -2.17. The van der Waals surface area contributed by atoms with Crippen LogP contribution < -0.4 is 10.5 Å². The molecule has 126 valence electrons. The third-order valence-electron chi connectivity index (χ3n) is 2.87. The number of nitrogens with two attached hydrogens (primary N) is 1. The van der Waals surface area contributed by atoms with Gasteiger partial charge in [-0.3, -0.25) is 4.79 Å². The highest BCUT2D eigenvalue weighted by molar-refractivity contribution is 9.10. The van der Waals surface area contributed by atoms with E-state index in [4.69, 9.17) is 26.9 Å². The normalized spacial score (nSPS) is 11.2. The fourth-order valence-corrected chi connectivity index (χ4v) is 2.17. The number of carbonyl (C=O) groups is 1. The molecule has 0 saturated heterocycles. The number of methoxy groups -OCH3 is 1. The molecule has 0 fully saturated rings. The molecule has 6 nitrogen and oxygen atoms in total. The summed E-state index contributed by atoms with van der Waals surface area (Å²) in [6, 6.07) is 7.00. The molecule has 2 N–H and O–H groups in total. The summed E-state index contributed by atoms with van der Waals surface area (Å²) in [4.78, 5) is 20.9. The van der Waals surface area contributed by atoms with Crippen LogP contribution in [0.15, 0.2) is 40.0 Å². The molecule has 0 bridgehead atoms. The number of rotatable bonds is 6. The van der Waals surface area contributed by atoms with Crippen LogP contribution in [0.2, 0.25) is 5.02 Å². The van der Waals surface area contributed by atoms with Crippen LogP contribution >= 0.6 is 27.5 Å². The summed E-state index contributed by atoms with van der Waals surface area (Å²) in [6.45, 7) is -0.407. The molecule has 0 spiro atoms. The van der Waals surface area contributed by atoms with E-state index in [1.807, 2.05) is 0 Å². The van der Waals surface area contributed by atoms with Gasteiger partial charge in [0.25, 0.3) is 0 Å². The first-order valence-corrected chi connectivity index (χ1v) is 7.74. The maximum Gasteiger partial charge on any atom is 0.228 e. The minimum Gasteiger partial charge on any atom is -0.480 e. The van der Waals surface area contributed by atoms with Crippen molar-refractivity contribution in [2.45, 2.75) is 0 Å². The molecule has 1 heterocycles. The van der Waals surface area contributed by atoms with Crippen molar-refractivity contribution >= 4 is 39.1 Å². The van der Waals surface area contributed by atoms with Crippen molar-refractivity contribution in [1.29, 1.82) is 0 Å². The highest BCUT2D eigenvalue weighted by Gasteiger charge is 2.11. The van der Waals surface area contributed by atoms with E-state index in [-0.39, 0.29) is 16.4 Å². The van der Waals surface area contributed by atoms with Gasteiger partial charge in [0.15, 0.2) is 12.4 Å². The van der Waals surface area contributed by atoms with Gasteiger partial charge < -0.3 is 15.3 Å². The SMILES string of the molecule is COc1nc(/C(N)=N/OCC(=O)c2ccc(Cl)c(F)c2)ccc1Br. The molecular weight excluding hydrogens is 405 g/mol. The highest BCUT2D eigenvalue weighted by atomic mass is 79.9. The van der Waals surface area contributed by atoms with Gasteiger partial charge in [0.05, 0.1) is 16.6 Å². The van der Waals surface area contributed by atoms with E-state index in [0.29, 0.717) is 16.0 Å². The van der Waals surface area contributed by atoms with Crippen molar-refractivity contribution in [3.63, 3.8) is 0 Å². The summed E-state index contributed by atoms with van der Waals surface area (Å²) in [6.07, 6.45) is 0. The second-order valence-corrected chi connectivity index (χ2v) is 5.75. The Labute approximate surface area is 150 Å². The number of oxime groups is 1. The Bertz CT molecular complexity index is 802. The molecule has 2 aromatic rings. The van der Waals surface area contributed by atoms with Crippen LogP contribution in [0.4, 0.5) is 4.39 Å². The quantitative estimate of drug-likeness (QED) is 0.338. The minimum absolute atomic E-state index is 0.0316. The van der Waals surface area contributed by atoms with E-state index in [9.17, 15) is 9.18 Å². The molecule has 9 heteroatoms. The first-order valence-electron chi connectivity index (χ1n) is 6.57. The van der Waals surface area contributed by atoms with Crippen LogP contribution in [-0.2, 0) is 4.84 Å². The Morgan fingerprint density at radius 1 is 1.42 bits per heavy atom. The standard InChI is InChI=1S/C15H12BrClFN3O3/c1-23-15-9(16)3-5-12(20-15)14(19)21-24-7-13(22)8-2-4-10(17)11(18)6-8/h2-6H,7H2,1H3,(H2,19,21). The van der Waals surface area contributed by atoms with Crippen LogP contribution in [0.3, 0.4) is 0 Å². The summed E-state index contributed by atoms with van der Waals surface area (Å²) < 4.78 is 19.0. The number of pyridine rings is 1. The lowest BCUT2D eigenvalue weighted by atomic mass is 10.1. The zero-order valence-corrected chi connectivity index (χ0v) is 14.8. The predicted molar refractivity (Wildman–Crippen MR) is 90.9 cm³/mol. The summed E-state index contributed by atoms with van der Waals surface area (Å²) in [5.41, 5.74) is 6.18. The van der Waals surface area contributed by atoms with Gasteiger partial charge in [0, 0.05) is 5.56 Å². The molecule has 1 aromatic heterocycles. The summed E-state index contributed by atoms with van der Waals surface area (Å²) in [5.74, 6) is -0.852. The molecule has 0 atom stereocenters. The van der Waals surface area contributed by atoms with Gasteiger partial charge in [0.1, 0.15) is 11.5 Å². The molecular formula is C15H12BrClFN3O3. The molecule has 0 saturated carbocycles. The number of amidine groups is 1. The Morgan fingerprint density at radius 2 is 2.17 bits per heavy atom. The average Bonchev–Trinajstić information content (AvgIpc) is 2.57. The van der Waals surface area contributed by atoms with Crippen LogP contribution in [-0.4, -0.2) is 30.3 Å². The fourth-order valence-electron chi connectivity index (χ4n) is 1.67. The van der Waals surface area contributed by atoms with Crippen molar-refractivity contribution < 1.29 is 18.8 Å². The Kier molecular flexibility index (Phi) is 6.10. The number of hydrogen-bond donors (Lipinski definition) is 1. The number of aromatic nitrogens is 1. The first-order chi connectivity index (χ1) is 11.4. The van der Waals surface area contributed by atoms with Gasteiger partial charge in [-0.1, -0.05) is 16.8 Å². The van der Waals surface area contributed by atoms with Gasteiger partial charge in [-0.05, 0) is 46.3 Å². The molecule has 0 radical (unpaired) electrons. The minimum atomic E-state index is -0.684. The number of benzene rings is 1. The Hall–Kier alpha value is -2.19. The van der Waals surface area contributed by atoms with E-state index < -0.39 is 18.2 Å². The molecule has 0 aliphatic heterocycles. The fraction of sp³-hybridized carbons (Fsp3) is 0.133. The Balaban J connectivity index is 2.02. The molecule has 0 aliphatic rings. The lowest BCUT2D eigenvalue weighted by Gasteiger charge is -2.05. The smallest absolute Gasteiger partial charge is 0.228 e. The summed E-state index contributed by atoms with van der Waals surface area (Å²) in [5, 5.41) is 3.56. The number of halogens is 3. The molecule has 0 unspecified atom stereocenters. The third-order valence-corrected chi connectivity index (χ3v) is 3.78. The second kappa shape index (κ2) is 8.07. The maximum atomic E-state index is 13.3. The maximum absolute atomic E-state index is 13.3. The van der Waals surface area contributed by atoms with E-state index in [1.165, 1.54) is 19.2 Å². The van der Waals surface area contributed by atoms with Crippen LogP contribution in [0, 0.1) is 5.82 Å². The van der Waals surface area contributed by atoms with E-state index >= 15 is 0 Å². The molecule has 1 aromatic carbocycles. The van der Waals surface area contributed by atoms with Crippen molar-refractivity contribution in [2.24, 2.45) is 10.9 Å². The van der Waals surface area contributed by atoms with Gasteiger partial charge >= 0.3 is 0 Å². The number of ether oxygens (including phenoxy) is 1. The number of ketones is 1. The number of Topliss-reactive ketones (excluding diaryl/α,β-unsaturated/α-hetero) is 1. The van der Waals surface area contributed by atoms with Gasteiger partial charge in [-0.25, -0.2) is 9.37 Å². The largest absolute Gasteiger partial charge is 0.480 e. The van der Waals surface area contributed by atoms with Crippen molar-refractivity contribution in [1.82, 2.24) is 4.98 Å². The zero-order chi connectivity index (χ0) is 17.7. The zero-order valence-electron chi connectivity index (χ0n) is 12.4. The van der Waals surface area contributed by atoms with Crippen LogP contribution in [0.5, 0.6) is 5.88 Å². The Morgan fingerprint density at radius 3 is 2.83 bits per heavy atom. The number of hydrogen-bond acceptors (Lipinski definition) is 5. The van der Waals surface area contributed by atoms with Crippen LogP contribution in [0.25, 0.3) is 0 Å². The van der Waals surface area contributed by atoms with Crippen molar-refractivity contribution in [3.8, 4) is 5.88 Å². The van der Waals surface area contributed by atoms with E-state index in [1.54, 1.807) is 12.1 Å². The van der Waals surface area contributed by atoms with Crippen molar-refractivity contribution in [2.75, 3.05) is 13.7 Å². The predicted octanol–water partition coefficient (Wildman–Crippen LogP) is 3.17. The number of carbonyl (C=O) groups excluding carboxylic acids is 1. The third kappa shape index (κ3) is 4.42. The van der Waals surface area contributed by atoms with E-state index in [2.05, 4.69) is 26.1 Å². The molecule has 2 rings (SSSR count). The summed E-state index contributed by atoms with van der Waals surface area (Å²) >= 11 is 8.82. The molecule has 24 heavy (non-hydrogen) atoms.